The maximum Gasteiger partial charge on any atom is 0.0835 e. The van der Waals surface area contributed by atoms with Gasteiger partial charge in [0.25, 0.3) is 0 Å². The van der Waals surface area contributed by atoms with Gasteiger partial charge in [0.05, 0.1) is 6.61 Å². The minimum atomic E-state index is 0.672. The second-order valence-electron chi connectivity index (χ2n) is 6.73. The lowest BCUT2D eigenvalue weighted by atomic mass is 10.0. The molecule has 0 spiro atoms. The van der Waals surface area contributed by atoms with Crippen molar-refractivity contribution in [1.29, 1.82) is 0 Å². The Balaban J connectivity index is 1.88. The first-order chi connectivity index (χ1) is 10.9. The van der Waals surface area contributed by atoms with Gasteiger partial charge in [-0.15, -0.1) is 0 Å². The Morgan fingerprint density at radius 3 is 2.05 bits per heavy atom. The molecule has 22 heavy (non-hydrogen) atoms. The van der Waals surface area contributed by atoms with Crippen LogP contribution in [0.5, 0.6) is 0 Å². The molecular weight excluding hydrogens is 270 g/mol. The molecule has 130 valence electrons. The number of unbranched alkanes of at least 4 members (excludes halogenated alkanes) is 8. The molecule has 0 aliphatic carbocycles. The van der Waals surface area contributed by atoms with E-state index in [0.29, 0.717) is 6.04 Å². The Labute approximate surface area is 139 Å². The highest BCUT2D eigenvalue weighted by molar-refractivity contribution is 4.81. The molecule has 0 aromatic rings. The highest BCUT2D eigenvalue weighted by Crippen LogP contribution is 2.19. The maximum absolute atomic E-state index is 5.52. The molecule has 1 heterocycles. The van der Waals surface area contributed by atoms with Crippen LogP contribution in [0, 0.1) is 0 Å². The molecule has 0 saturated carbocycles. The zero-order valence-corrected chi connectivity index (χ0v) is 15.2. The lowest BCUT2D eigenvalue weighted by molar-refractivity contribution is -0.272. The number of nitrogens with zero attached hydrogens (tertiary/aromatic N) is 1. The van der Waals surface area contributed by atoms with Crippen molar-refractivity contribution in [2.75, 3.05) is 13.2 Å². The first-order valence-corrected chi connectivity index (χ1v) is 9.93. The van der Waals surface area contributed by atoms with Gasteiger partial charge in [-0.2, -0.15) is 5.06 Å². The third-order valence-electron chi connectivity index (χ3n) is 4.65. The maximum atomic E-state index is 5.52. The third kappa shape index (κ3) is 9.63. The van der Waals surface area contributed by atoms with E-state index < -0.39 is 0 Å². The van der Waals surface area contributed by atoms with Gasteiger partial charge in [0.1, 0.15) is 0 Å². The van der Waals surface area contributed by atoms with Crippen LogP contribution in [0.15, 0.2) is 12.2 Å². The largest absolute Gasteiger partial charge is 0.297 e. The first kappa shape index (κ1) is 19.7. The van der Waals surface area contributed by atoms with Crippen molar-refractivity contribution in [3.63, 3.8) is 0 Å². The molecule has 1 aliphatic heterocycles. The molecule has 1 atom stereocenters. The molecule has 0 aromatic carbocycles. The fraction of sp³-hybridized carbons (Fsp3) is 0.900. The second kappa shape index (κ2) is 14.3. The van der Waals surface area contributed by atoms with Crippen molar-refractivity contribution in [3.8, 4) is 0 Å². The van der Waals surface area contributed by atoms with Crippen LogP contribution in [0.1, 0.15) is 97.3 Å². The molecule has 1 fully saturated rings. The van der Waals surface area contributed by atoms with E-state index in [4.69, 9.17) is 4.84 Å². The molecule has 0 amide bonds. The molecule has 0 aromatic heterocycles. The van der Waals surface area contributed by atoms with Crippen LogP contribution in [0.4, 0.5) is 0 Å². The molecule has 1 unspecified atom stereocenters. The standard InChI is InChI=1S/C20H39NO/c1-3-5-6-7-8-9-10-11-12-13-14-15-17-20(16-4-2)21-18-19-22-21/h11-12,20H,3-10,13-19H2,1-2H3/b12-11-. The summed E-state index contributed by atoms with van der Waals surface area (Å²) in [6.07, 6.45) is 22.3. The van der Waals surface area contributed by atoms with E-state index in [2.05, 4.69) is 31.1 Å². The smallest absolute Gasteiger partial charge is 0.0835 e. The summed E-state index contributed by atoms with van der Waals surface area (Å²) in [7, 11) is 0. The fourth-order valence-corrected chi connectivity index (χ4v) is 3.17. The fourth-order valence-electron chi connectivity index (χ4n) is 3.17. The van der Waals surface area contributed by atoms with Gasteiger partial charge in [-0.25, -0.2) is 0 Å². The van der Waals surface area contributed by atoms with Crippen molar-refractivity contribution in [3.05, 3.63) is 12.2 Å². The number of hydroxylamine groups is 2. The summed E-state index contributed by atoms with van der Waals surface area (Å²) in [6, 6.07) is 0.672. The Kier molecular flexibility index (Phi) is 12.8. The van der Waals surface area contributed by atoms with Crippen LogP contribution in [0.25, 0.3) is 0 Å². The van der Waals surface area contributed by atoms with E-state index in [1.165, 1.54) is 83.5 Å². The summed E-state index contributed by atoms with van der Waals surface area (Å²) >= 11 is 0. The van der Waals surface area contributed by atoms with E-state index in [-0.39, 0.29) is 0 Å². The van der Waals surface area contributed by atoms with E-state index in [1.54, 1.807) is 0 Å². The summed E-state index contributed by atoms with van der Waals surface area (Å²) in [5.74, 6) is 0. The minimum absolute atomic E-state index is 0.672. The molecule has 1 saturated heterocycles. The van der Waals surface area contributed by atoms with Gasteiger partial charge in [0.15, 0.2) is 0 Å². The van der Waals surface area contributed by atoms with Crippen molar-refractivity contribution in [1.82, 2.24) is 5.06 Å². The molecule has 1 rings (SSSR count). The predicted molar refractivity (Wildman–Crippen MR) is 97.0 cm³/mol. The molecule has 0 radical (unpaired) electrons. The van der Waals surface area contributed by atoms with Gasteiger partial charge in [-0.1, -0.05) is 70.9 Å². The number of allylic oxidation sites excluding steroid dienone is 2. The van der Waals surface area contributed by atoms with Gasteiger partial charge < -0.3 is 0 Å². The number of hydrogen-bond donors (Lipinski definition) is 0. The summed E-state index contributed by atoms with van der Waals surface area (Å²) in [5, 5.41) is 2.21. The lowest BCUT2D eigenvalue weighted by Crippen LogP contribution is -2.46. The third-order valence-corrected chi connectivity index (χ3v) is 4.65. The SMILES string of the molecule is CCCCCCCC/C=C\CCCCC(CCC)N1CCO1. The lowest BCUT2D eigenvalue weighted by Gasteiger charge is -2.37. The molecule has 2 nitrogen and oxygen atoms in total. The Morgan fingerprint density at radius 1 is 0.818 bits per heavy atom. The van der Waals surface area contributed by atoms with E-state index in [0.717, 1.165) is 13.2 Å². The summed E-state index contributed by atoms with van der Waals surface area (Å²) in [4.78, 5) is 5.52. The molecule has 0 N–H and O–H groups in total. The average molecular weight is 310 g/mol. The van der Waals surface area contributed by atoms with E-state index in [9.17, 15) is 0 Å². The highest BCUT2D eigenvalue weighted by atomic mass is 16.7. The molecular formula is C20H39NO. The van der Waals surface area contributed by atoms with Gasteiger partial charge in [0.2, 0.25) is 0 Å². The average Bonchev–Trinajstić information content (AvgIpc) is 2.46. The Bertz CT molecular complexity index is 260. The highest BCUT2D eigenvalue weighted by Gasteiger charge is 2.23. The number of hydrogen-bond acceptors (Lipinski definition) is 2. The van der Waals surface area contributed by atoms with Gasteiger partial charge in [-0.05, 0) is 38.5 Å². The predicted octanol–water partition coefficient (Wildman–Crippen LogP) is 6.27. The van der Waals surface area contributed by atoms with Gasteiger partial charge in [0, 0.05) is 12.6 Å². The zero-order chi connectivity index (χ0) is 15.9. The summed E-state index contributed by atoms with van der Waals surface area (Å²) in [5.41, 5.74) is 0. The monoisotopic (exact) mass is 309 g/mol. The van der Waals surface area contributed by atoms with E-state index >= 15 is 0 Å². The van der Waals surface area contributed by atoms with Crippen molar-refractivity contribution in [2.24, 2.45) is 0 Å². The summed E-state index contributed by atoms with van der Waals surface area (Å²) in [6.45, 7) is 6.63. The van der Waals surface area contributed by atoms with Crippen LogP contribution < -0.4 is 0 Å². The Morgan fingerprint density at radius 2 is 1.45 bits per heavy atom. The minimum Gasteiger partial charge on any atom is -0.297 e. The zero-order valence-electron chi connectivity index (χ0n) is 15.2. The molecule has 1 aliphatic rings. The van der Waals surface area contributed by atoms with Crippen molar-refractivity contribution < 1.29 is 4.84 Å². The van der Waals surface area contributed by atoms with Crippen LogP contribution in [-0.4, -0.2) is 24.3 Å². The second-order valence-corrected chi connectivity index (χ2v) is 6.73. The van der Waals surface area contributed by atoms with Crippen LogP contribution in [0.3, 0.4) is 0 Å². The van der Waals surface area contributed by atoms with Crippen LogP contribution in [-0.2, 0) is 4.84 Å². The van der Waals surface area contributed by atoms with Crippen LogP contribution >= 0.6 is 0 Å². The van der Waals surface area contributed by atoms with E-state index in [1.807, 2.05) is 0 Å². The Hall–Kier alpha value is -0.340. The van der Waals surface area contributed by atoms with Gasteiger partial charge in [-0.3, -0.25) is 4.84 Å². The normalized spacial score (nSPS) is 17.0. The van der Waals surface area contributed by atoms with Crippen molar-refractivity contribution >= 4 is 0 Å². The topological polar surface area (TPSA) is 12.5 Å². The van der Waals surface area contributed by atoms with Gasteiger partial charge >= 0.3 is 0 Å². The summed E-state index contributed by atoms with van der Waals surface area (Å²) < 4.78 is 0. The van der Waals surface area contributed by atoms with Crippen LogP contribution in [0.2, 0.25) is 0 Å². The first-order valence-electron chi connectivity index (χ1n) is 9.93. The molecule has 0 bridgehead atoms. The quantitative estimate of drug-likeness (QED) is 0.261. The van der Waals surface area contributed by atoms with Crippen molar-refractivity contribution in [2.45, 2.75) is 103 Å². The molecule has 2 heteroatoms. The number of rotatable bonds is 15.